The predicted molar refractivity (Wildman–Crippen MR) is 47.5 cm³/mol. The van der Waals surface area contributed by atoms with E-state index in [1.807, 2.05) is 0 Å². The van der Waals surface area contributed by atoms with Gasteiger partial charge in [0.05, 0.1) is 0 Å². The maximum atomic E-state index is 11.5. The van der Waals surface area contributed by atoms with E-state index in [1.165, 1.54) is 6.20 Å². The molecule has 1 atom stereocenters. The Bertz CT molecular complexity index is 436. The Kier molecular flexibility index (Phi) is 2.65. The molecule has 0 bridgehead atoms. The third-order valence-corrected chi connectivity index (χ3v) is 3.27. The number of aromatic nitrogens is 2. The Balaban J connectivity index is 3.20. The molecule has 0 aromatic carbocycles. The minimum absolute atomic E-state index is 0.683. The Morgan fingerprint density at radius 2 is 2.29 bits per heavy atom. The highest BCUT2D eigenvalue weighted by Gasteiger charge is 2.34. The number of hydrogen-bond acceptors (Lipinski definition) is 5. The first-order valence-corrected chi connectivity index (χ1v) is 4.99. The fourth-order valence-corrected chi connectivity index (χ4v) is 1.96. The summed E-state index contributed by atoms with van der Waals surface area (Å²) in [6.07, 6.45) is 4.08. The van der Waals surface area contributed by atoms with Crippen LogP contribution in [0.3, 0.4) is 0 Å². The van der Waals surface area contributed by atoms with E-state index in [2.05, 4.69) is 11.6 Å². The molecule has 0 saturated carbocycles. The van der Waals surface area contributed by atoms with Crippen LogP contribution in [0.25, 0.3) is 0 Å². The summed E-state index contributed by atoms with van der Waals surface area (Å²) in [6.45, 7) is 3.10. The number of imidazole rings is 1. The highest BCUT2D eigenvalue weighted by molar-refractivity contribution is 7.90. The highest BCUT2D eigenvalue weighted by atomic mass is 32.2. The topological polar surface area (TPSA) is 95.1 Å². The van der Waals surface area contributed by atoms with Gasteiger partial charge in [-0.2, -0.15) is 8.42 Å². The minimum Gasteiger partial charge on any atom is -0.263 e. The quantitative estimate of drug-likeness (QED) is 0.397. The molecule has 8 heteroatoms. The number of nitro groups is 1. The molecule has 14 heavy (non-hydrogen) atoms. The summed E-state index contributed by atoms with van der Waals surface area (Å²) >= 11 is 0. The third kappa shape index (κ3) is 1.64. The second-order valence-corrected chi connectivity index (χ2v) is 4.28. The van der Waals surface area contributed by atoms with Crippen molar-refractivity contribution in [3.05, 3.63) is 41.5 Å². The molecule has 0 aliphatic carbocycles. The van der Waals surface area contributed by atoms with Gasteiger partial charge in [-0.1, -0.05) is 6.58 Å². The Labute approximate surface area is 79.9 Å². The second-order valence-electron chi connectivity index (χ2n) is 2.35. The lowest BCUT2D eigenvalue weighted by Crippen LogP contribution is -2.31. The minimum atomic E-state index is -4.07. The molecule has 0 aliphatic rings. The average Bonchev–Trinajstić information content (AvgIpc) is 2.55. The zero-order valence-corrected chi connectivity index (χ0v) is 7.79. The van der Waals surface area contributed by atoms with Gasteiger partial charge in [0, 0.05) is 17.3 Å². The Morgan fingerprint density at radius 3 is 2.64 bits per heavy atom. The van der Waals surface area contributed by atoms with Gasteiger partial charge in [-0.3, -0.25) is 10.1 Å². The molecule has 0 amide bonds. The lowest BCUT2D eigenvalue weighted by Gasteiger charge is -2.06. The van der Waals surface area contributed by atoms with Gasteiger partial charge in [0.25, 0.3) is 0 Å². The van der Waals surface area contributed by atoms with Gasteiger partial charge in [0.1, 0.15) is 6.33 Å². The monoisotopic (exact) mass is 217 g/mol. The smallest absolute Gasteiger partial charge is 0.263 e. The summed E-state index contributed by atoms with van der Waals surface area (Å²) in [5, 5.41) is 8.54. The SMILES string of the molecule is C=CC([N+](=O)[O-])S(=O)(=O)n1ccnc1. The lowest BCUT2D eigenvalue weighted by molar-refractivity contribution is -0.485. The zero-order chi connectivity index (χ0) is 10.8. The largest absolute Gasteiger partial charge is 0.347 e. The number of rotatable bonds is 4. The van der Waals surface area contributed by atoms with Crippen LogP contribution in [0.2, 0.25) is 0 Å². The van der Waals surface area contributed by atoms with E-state index in [0.29, 0.717) is 3.97 Å². The summed E-state index contributed by atoms with van der Waals surface area (Å²) in [4.78, 5) is 13.0. The molecule has 0 aliphatic heterocycles. The van der Waals surface area contributed by atoms with Crippen molar-refractivity contribution in [3.8, 4) is 0 Å². The molecule has 1 aromatic rings. The maximum absolute atomic E-state index is 11.5. The molecule has 1 unspecified atom stereocenters. The molecular weight excluding hydrogens is 210 g/mol. The highest BCUT2D eigenvalue weighted by Crippen LogP contribution is 2.07. The molecule has 0 spiro atoms. The number of nitrogens with zero attached hydrogens (tertiary/aromatic N) is 3. The van der Waals surface area contributed by atoms with Gasteiger partial charge >= 0.3 is 15.4 Å². The van der Waals surface area contributed by atoms with Crippen LogP contribution in [-0.4, -0.2) is 27.7 Å². The van der Waals surface area contributed by atoms with E-state index < -0.39 is 20.3 Å². The molecular formula is C6H7N3O4S. The van der Waals surface area contributed by atoms with Crippen LogP contribution < -0.4 is 0 Å². The predicted octanol–water partition coefficient (Wildman–Crippen LogP) is -0.150. The van der Waals surface area contributed by atoms with Gasteiger partial charge in [0.2, 0.25) is 0 Å². The summed E-state index contributed by atoms with van der Waals surface area (Å²) in [6, 6.07) is 0. The van der Waals surface area contributed by atoms with Gasteiger partial charge < -0.3 is 0 Å². The van der Waals surface area contributed by atoms with Crippen LogP contribution in [0.4, 0.5) is 0 Å². The van der Waals surface area contributed by atoms with Crippen LogP contribution in [0.1, 0.15) is 0 Å². The Hall–Kier alpha value is -1.70. The normalized spacial score (nSPS) is 13.4. The fraction of sp³-hybridized carbons (Fsp3) is 0.167. The first-order valence-electron chi connectivity index (χ1n) is 3.48. The molecule has 7 nitrogen and oxygen atoms in total. The van der Waals surface area contributed by atoms with Crippen molar-refractivity contribution in [2.45, 2.75) is 5.37 Å². The van der Waals surface area contributed by atoms with Crippen molar-refractivity contribution >= 4 is 10.0 Å². The van der Waals surface area contributed by atoms with E-state index in [-0.39, 0.29) is 0 Å². The molecule has 0 N–H and O–H groups in total. The molecule has 1 heterocycles. The Morgan fingerprint density at radius 1 is 1.64 bits per heavy atom. The van der Waals surface area contributed by atoms with Crippen LogP contribution in [0.15, 0.2) is 31.4 Å². The van der Waals surface area contributed by atoms with Gasteiger partial charge in [0.15, 0.2) is 0 Å². The molecule has 76 valence electrons. The molecule has 1 aromatic heterocycles. The molecule has 0 fully saturated rings. The average molecular weight is 217 g/mol. The van der Waals surface area contributed by atoms with Crippen molar-refractivity contribution in [1.82, 2.24) is 8.96 Å². The van der Waals surface area contributed by atoms with Crippen molar-refractivity contribution < 1.29 is 13.3 Å². The molecule has 1 rings (SSSR count). The van der Waals surface area contributed by atoms with E-state index in [1.54, 1.807) is 0 Å². The van der Waals surface area contributed by atoms with Crippen molar-refractivity contribution in [3.63, 3.8) is 0 Å². The van der Waals surface area contributed by atoms with Crippen LogP contribution in [0.5, 0.6) is 0 Å². The maximum Gasteiger partial charge on any atom is 0.347 e. The first-order chi connectivity index (χ1) is 6.50. The summed E-state index contributed by atoms with van der Waals surface area (Å²) in [5.41, 5.74) is 0. The molecule has 0 saturated heterocycles. The van der Waals surface area contributed by atoms with Crippen LogP contribution in [-0.2, 0) is 10.0 Å². The van der Waals surface area contributed by atoms with Crippen molar-refractivity contribution in [2.75, 3.05) is 0 Å². The van der Waals surface area contributed by atoms with Crippen LogP contribution >= 0.6 is 0 Å². The lowest BCUT2D eigenvalue weighted by atomic mass is 10.6. The van der Waals surface area contributed by atoms with E-state index in [4.69, 9.17) is 0 Å². The van der Waals surface area contributed by atoms with E-state index >= 15 is 0 Å². The summed E-state index contributed by atoms with van der Waals surface area (Å²) in [5.74, 6) is 0. The zero-order valence-electron chi connectivity index (χ0n) is 6.98. The summed E-state index contributed by atoms with van der Waals surface area (Å²) in [7, 11) is -4.07. The van der Waals surface area contributed by atoms with Crippen molar-refractivity contribution in [2.24, 2.45) is 0 Å². The standard InChI is InChI=1S/C6H7N3O4S/c1-2-6(9(10)11)14(12,13)8-4-3-7-5-8/h2-6H,1H2. The van der Waals surface area contributed by atoms with Crippen molar-refractivity contribution in [1.29, 1.82) is 0 Å². The third-order valence-electron chi connectivity index (χ3n) is 1.49. The molecule has 0 radical (unpaired) electrons. The summed E-state index contributed by atoms with van der Waals surface area (Å²) < 4.78 is 23.6. The van der Waals surface area contributed by atoms with Gasteiger partial charge in [-0.05, 0) is 6.08 Å². The first kappa shape index (κ1) is 10.4. The number of hydrogen-bond donors (Lipinski definition) is 0. The second kappa shape index (κ2) is 3.58. The van der Waals surface area contributed by atoms with Gasteiger partial charge in [-0.25, -0.2) is 8.96 Å². The fourth-order valence-electron chi connectivity index (χ4n) is 0.839. The van der Waals surface area contributed by atoms with E-state index in [0.717, 1.165) is 18.6 Å². The van der Waals surface area contributed by atoms with Crippen LogP contribution in [0, 0.1) is 10.1 Å². The van der Waals surface area contributed by atoms with E-state index in [9.17, 15) is 18.5 Å². The van der Waals surface area contributed by atoms with Gasteiger partial charge in [-0.15, -0.1) is 0 Å².